The Balaban J connectivity index is 0.00000320. The van der Waals surface area contributed by atoms with Crippen molar-refractivity contribution in [3.8, 4) is 0 Å². The van der Waals surface area contributed by atoms with Gasteiger partial charge in [-0.2, -0.15) is 0 Å². The van der Waals surface area contributed by atoms with Crippen LogP contribution < -0.4 is 27.6 Å². The predicted molar refractivity (Wildman–Crippen MR) is 114 cm³/mol. The van der Waals surface area contributed by atoms with Gasteiger partial charge in [-0.3, -0.25) is 23.5 Å². The molecule has 11 nitrogen and oxygen atoms in total. The molecule has 2 aromatic heterocycles. The zero-order chi connectivity index (χ0) is 21.1. The number of hydrogen-bond acceptors (Lipinski definition) is 6. The summed E-state index contributed by atoms with van der Waals surface area (Å²) in [6, 6.07) is 6.55. The quantitative estimate of drug-likeness (QED) is 0.461. The molecule has 2 heterocycles. The molecule has 1 aromatic carbocycles. The highest BCUT2D eigenvalue weighted by molar-refractivity contribution is 6.03. The standard InChI is InChI=1S/C18H21N7O4.ClH/c1-23-15-14(17(28)24(2)18(23)29)25(10-21-15)9-13(26)22-12-6-4-3-5-11(12)16(27)20-8-7-19;/h3-6,10H,7-9,19H2,1-2H3,(H,20,27)(H,22,26);1H. The number of aromatic nitrogens is 4. The van der Waals surface area contributed by atoms with Crippen LogP contribution >= 0.6 is 12.4 Å². The van der Waals surface area contributed by atoms with E-state index in [1.807, 2.05) is 0 Å². The molecular formula is C18H22ClN7O4. The number of fused-ring (bicyclic) bond motifs is 1. The molecule has 0 bridgehead atoms. The largest absolute Gasteiger partial charge is 0.351 e. The number of amides is 2. The Morgan fingerprint density at radius 3 is 2.53 bits per heavy atom. The van der Waals surface area contributed by atoms with Crippen molar-refractivity contribution in [2.24, 2.45) is 19.8 Å². The van der Waals surface area contributed by atoms with Crippen molar-refractivity contribution in [2.75, 3.05) is 18.4 Å². The minimum atomic E-state index is -0.546. The number of nitrogens with one attached hydrogen (secondary N) is 2. The van der Waals surface area contributed by atoms with E-state index in [9.17, 15) is 19.2 Å². The average Bonchev–Trinajstić information content (AvgIpc) is 3.12. The van der Waals surface area contributed by atoms with Crippen LogP contribution in [0.1, 0.15) is 10.4 Å². The minimum absolute atomic E-state index is 0. The lowest BCUT2D eigenvalue weighted by atomic mass is 10.1. The molecule has 160 valence electrons. The van der Waals surface area contributed by atoms with E-state index >= 15 is 0 Å². The molecule has 0 aliphatic carbocycles. The number of aryl methyl sites for hydroxylation is 1. The van der Waals surface area contributed by atoms with Gasteiger partial charge in [-0.25, -0.2) is 9.78 Å². The first kappa shape index (κ1) is 22.8. The fourth-order valence-electron chi connectivity index (χ4n) is 2.93. The van der Waals surface area contributed by atoms with E-state index in [0.717, 1.165) is 4.57 Å². The van der Waals surface area contributed by atoms with Crippen molar-refractivity contribution in [1.29, 1.82) is 0 Å². The second kappa shape index (κ2) is 9.37. The summed E-state index contributed by atoms with van der Waals surface area (Å²) in [5, 5.41) is 5.32. The molecule has 4 N–H and O–H groups in total. The van der Waals surface area contributed by atoms with Gasteiger partial charge in [-0.15, -0.1) is 12.4 Å². The molecule has 2 amide bonds. The molecule has 0 unspecified atom stereocenters. The van der Waals surface area contributed by atoms with Gasteiger partial charge in [0.05, 0.1) is 17.6 Å². The van der Waals surface area contributed by atoms with E-state index in [1.54, 1.807) is 24.3 Å². The van der Waals surface area contributed by atoms with Crippen LogP contribution in [0.4, 0.5) is 5.69 Å². The zero-order valence-electron chi connectivity index (χ0n) is 16.4. The fraction of sp³-hybridized carbons (Fsp3) is 0.278. The van der Waals surface area contributed by atoms with Crippen molar-refractivity contribution < 1.29 is 9.59 Å². The average molecular weight is 436 g/mol. The van der Waals surface area contributed by atoms with Gasteiger partial charge in [0.25, 0.3) is 11.5 Å². The van der Waals surface area contributed by atoms with E-state index in [-0.39, 0.29) is 36.0 Å². The van der Waals surface area contributed by atoms with Crippen molar-refractivity contribution in [3.63, 3.8) is 0 Å². The third-order valence-electron chi connectivity index (χ3n) is 4.41. The van der Waals surface area contributed by atoms with Gasteiger partial charge >= 0.3 is 5.69 Å². The number of nitrogens with zero attached hydrogens (tertiary/aromatic N) is 4. The summed E-state index contributed by atoms with van der Waals surface area (Å²) in [5.74, 6) is -0.817. The van der Waals surface area contributed by atoms with Crippen molar-refractivity contribution >= 4 is 41.1 Å². The fourth-order valence-corrected chi connectivity index (χ4v) is 2.93. The van der Waals surface area contributed by atoms with Gasteiger partial charge in [-0.05, 0) is 12.1 Å². The normalized spacial score (nSPS) is 10.5. The van der Waals surface area contributed by atoms with E-state index in [2.05, 4.69) is 15.6 Å². The van der Waals surface area contributed by atoms with Gasteiger partial charge in [0.2, 0.25) is 5.91 Å². The Bertz CT molecular complexity index is 1210. The van der Waals surface area contributed by atoms with Gasteiger partial charge in [-0.1, -0.05) is 12.1 Å². The lowest BCUT2D eigenvalue weighted by Gasteiger charge is -2.12. The molecule has 3 aromatic rings. The summed E-state index contributed by atoms with van der Waals surface area (Å²) in [4.78, 5) is 53.4. The lowest BCUT2D eigenvalue weighted by Crippen LogP contribution is -2.37. The Morgan fingerprint density at radius 2 is 1.83 bits per heavy atom. The second-order valence-corrected chi connectivity index (χ2v) is 6.39. The zero-order valence-corrected chi connectivity index (χ0v) is 17.2. The van der Waals surface area contributed by atoms with Crippen LogP contribution in [-0.4, -0.2) is 43.6 Å². The highest BCUT2D eigenvalue weighted by Gasteiger charge is 2.17. The summed E-state index contributed by atoms with van der Waals surface area (Å²) in [6.07, 6.45) is 1.32. The summed E-state index contributed by atoms with van der Waals surface area (Å²) < 4.78 is 3.56. The summed E-state index contributed by atoms with van der Waals surface area (Å²) in [6.45, 7) is 0.387. The Hall–Kier alpha value is -3.44. The van der Waals surface area contributed by atoms with Gasteiger partial charge < -0.3 is 20.9 Å². The molecule has 0 radical (unpaired) electrons. The van der Waals surface area contributed by atoms with E-state index in [1.165, 1.54) is 29.6 Å². The van der Waals surface area contributed by atoms with Crippen molar-refractivity contribution in [1.82, 2.24) is 24.0 Å². The molecule has 12 heteroatoms. The highest BCUT2D eigenvalue weighted by Crippen LogP contribution is 2.15. The summed E-state index contributed by atoms with van der Waals surface area (Å²) in [7, 11) is 2.86. The summed E-state index contributed by atoms with van der Waals surface area (Å²) >= 11 is 0. The van der Waals surface area contributed by atoms with E-state index in [0.29, 0.717) is 24.3 Å². The lowest BCUT2D eigenvalue weighted by molar-refractivity contribution is -0.116. The van der Waals surface area contributed by atoms with Crippen LogP contribution in [0.2, 0.25) is 0 Å². The summed E-state index contributed by atoms with van der Waals surface area (Å²) in [5.41, 5.74) is 5.29. The van der Waals surface area contributed by atoms with E-state index in [4.69, 9.17) is 5.73 Å². The SMILES string of the molecule is Cl.Cn1c(=O)c2c(ncn2CC(=O)Nc2ccccc2C(=O)NCCN)n(C)c1=O. The maximum Gasteiger partial charge on any atom is 0.332 e. The number of imidazole rings is 1. The van der Waals surface area contributed by atoms with Gasteiger partial charge in [0.15, 0.2) is 11.2 Å². The van der Waals surface area contributed by atoms with Gasteiger partial charge in [0.1, 0.15) is 6.54 Å². The van der Waals surface area contributed by atoms with Crippen LogP contribution in [0.5, 0.6) is 0 Å². The first-order valence-electron chi connectivity index (χ1n) is 8.83. The van der Waals surface area contributed by atoms with Crippen LogP contribution in [0, 0.1) is 0 Å². The van der Waals surface area contributed by atoms with Crippen LogP contribution in [0.15, 0.2) is 40.2 Å². The number of benzene rings is 1. The molecule has 0 spiro atoms. The molecule has 0 aliphatic rings. The molecule has 0 saturated heterocycles. The highest BCUT2D eigenvalue weighted by atomic mass is 35.5. The molecule has 30 heavy (non-hydrogen) atoms. The number of anilines is 1. The third kappa shape index (κ3) is 4.26. The molecular weight excluding hydrogens is 414 g/mol. The number of hydrogen-bond donors (Lipinski definition) is 3. The monoisotopic (exact) mass is 435 g/mol. The Kier molecular flexibility index (Phi) is 7.14. The van der Waals surface area contributed by atoms with Crippen molar-refractivity contribution in [2.45, 2.75) is 6.54 Å². The Labute approximate surface area is 176 Å². The maximum atomic E-state index is 12.6. The number of rotatable bonds is 6. The molecule has 0 atom stereocenters. The molecule has 3 rings (SSSR count). The first-order valence-corrected chi connectivity index (χ1v) is 8.83. The number of halogens is 1. The third-order valence-corrected chi connectivity index (χ3v) is 4.41. The molecule has 0 aliphatic heterocycles. The number of carbonyl (C=O) groups is 2. The van der Waals surface area contributed by atoms with Gasteiger partial charge in [0, 0.05) is 27.2 Å². The number of carbonyl (C=O) groups excluding carboxylic acids is 2. The smallest absolute Gasteiger partial charge is 0.332 e. The Morgan fingerprint density at radius 1 is 1.13 bits per heavy atom. The first-order chi connectivity index (χ1) is 13.8. The molecule has 0 fully saturated rings. The number of para-hydroxylation sites is 1. The van der Waals surface area contributed by atoms with Crippen LogP contribution in [-0.2, 0) is 25.4 Å². The number of nitrogens with two attached hydrogens (primary N) is 1. The topological polar surface area (TPSA) is 146 Å². The van der Waals surface area contributed by atoms with Crippen LogP contribution in [0.3, 0.4) is 0 Å². The second-order valence-electron chi connectivity index (χ2n) is 6.39. The van der Waals surface area contributed by atoms with E-state index < -0.39 is 17.2 Å². The van der Waals surface area contributed by atoms with Crippen LogP contribution in [0.25, 0.3) is 11.2 Å². The minimum Gasteiger partial charge on any atom is -0.351 e. The predicted octanol–water partition coefficient (Wildman–Crippen LogP) is -0.817. The maximum absolute atomic E-state index is 12.6. The molecule has 0 saturated carbocycles. The van der Waals surface area contributed by atoms with Crippen molar-refractivity contribution in [3.05, 3.63) is 57.0 Å².